The number of nitrogens with zero attached hydrogens (tertiary/aromatic N) is 2. The summed E-state index contributed by atoms with van der Waals surface area (Å²) in [6.07, 6.45) is 0.903. The van der Waals surface area contributed by atoms with E-state index in [1.165, 1.54) is 0 Å². The molecule has 0 spiro atoms. The summed E-state index contributed by atoms with van der Waals surface area (Å²) < 4.78 is 26.2. The van der Waals surface area contributed by atoms with E-state index in [-0.39, 0.29) is 18.8 Å². The second-order valence-corrected chi connectivity index (χ2v) is 5.08. The van der Waals surface area contributed by atoms with Crippen molar-refractivity contribution in [3.63, 3.8) is 0 Å². The van der Waals surface area contributed by atoms with Crippen LogP contribution in [0.2, 0.25) is 0 Å². The lowest BCUT2D eigenvalue weighted by atomic mass is 9.86. The molecule has 0 aromatic carbocycles. The van der Waals surface area contributed by atoms with Crippen LogP contribution in [0.5, 0.6) is 0 Å². The fourth-order valence-corrected chi connectivity index (χ4v) is 2.51. The second kappa shape index (κ2) is 4.00. The number of nitrogens with one attached hydrogen (secondary N) is 1. The summed E-state index contributed by atoms with van der Waals surface area (Å²) in [6.45, 7) is 1.91. The van der Waals surface area contributed by atoms with Crippen LogP contribution in [0.3, 0.4) is 0 Å². The van der Waals surface area contributed by atoms with Crippen LogP contribution in [0.25, 0.3) is 11.2 Å². The molecule has 1 saturated carbocycles. The summed E-state index contributed by atoms with van der Waals surface area (Å²) in [4.78, 5) is 12.0. The molecule has 96 valence electrons. The number of aromatic nitrogens is 3. The van der Waals surface area contributed by atoms with Crippen LogP contribution in [0, 0.1) is 6.92 Å². The topological polar surface area (TPSA) is 41.6 Å². The predicted molar refractivity (Wildman–Crippen MR) is 64.8 cm³/mol. The summed E-state index contributed by atoms with van der Waals surface area (Å²) >= 11 is 0. The van der Waals surface area contributed by atoms with Crippen LogP contribution in [0.1, 0.15) is 43.1 Å². The minimum atomic E-state index is -2.49. The predicted octanol–water partition coefficient (Wildman–Crippen LogP) is 3.56. The Morgan fingerprint density at radius 2 is 1.94 bits per heavy atom. The van der Waals surface area contributed by atoms with Gasteiger partial charge in [0.05, 0.1) is 5.52 Å². The summed E-state index contributed by atoms with van der Waals surface area (Å²) in [6, 6.07) is 3.85. The van der Waals surface area contributed by atoms with E-state index in [4.69, 9.17) is 0 Å². The number of halogens is 2. The van der Waals surface area contributed by atoms with E-state index in [1.807, 2.05) is 19.1 Å². The lowest BCUT2D eigenvalue weighted by Gasteiger charge is -2.26. The molecule has 2 aromatic heterocycles. The molecule has 0 saturated heterocycles. The maximum Gasteiger partial charge on any atom is 0.248 e. The molecule has 3 nitrogen and oxygen atoms in total. The van der Waals surface area contributed by atoms with E-state index in [2.05, 4.69) is 15.0 Å². The summed E-state index contributed by atoms with van der Waals surface area (Å²) in [5.74, 6) is -1.57. The molecule has 0 aliphatic heterocycles. The van der Waals surface area contributed by atoms with E-state index in [0.717, 1.165) is 17.0 Å². The number of hydrogen-bond donors (Lipinski definition) is 1. The van der Waals surface area contributed by atoms with Gasteiger partial charge < -0.3 is 4.98 Å². The number of pyridine rings is 1. The number of fused-ring (bicyclic) bond motifs is 1. The van der Waals surface area contributed by atoms with Gasteiger partial charge in [-0.05, 0) is 31.9 Å². The Bertz CT molecular complexity index is 567. The molecule has 0 radical (unpaired) electrons. The van der Waals surface area contributed by atoms with E-state index in [1.54, 1.807) is 0 Å². The van der Waals surface area contributed by atoms with Gasteiger partial charge in [0, 0.05) is 24.5 Å². The maximum absolute atomic E-state index is 13.1. The van der Waals surface area contributed by atoms with Crippen LogP contribution in [0.4, 0.5) is 8.78 Å². The Labute approximate surface area is 104 Å². The highest BCUT2D eigenvalue weighted by molar-refractivity contribution is 5.70. The Kier molecular flexibility index (Phi) is 2.57. The first-order chi connectivity index (χ1) is 8.53. The highest BCUT2D eigenvalue weighted by Gasteiger charge is 2.36. The largest absolute Gasteiger partial charge is 0.340 e. The van der Waals surface area contributed by atoms with Crippen LogP contribution in [-0.4, -0.2) is 20.9 Å². The maximum atomic E-state index is 13.1. The molecule has 18 heavy (non-hydrogen) atoms. The van der Waals surface area contributed by atoms with Gasteiger partial charge in [-0.3, -0.25) is 0 Å². The van der Waals surface area contributed by atoms with Gasteiger partial charge in [0.25, 0.3) is 0 Å². The smallest absolute Gasteiger partial charge is 0.248 e. The number of aryl methyl sites for hydroxylation is 1. The Balaban J connectivity index is 1.87. The first kappa shape index (κ1) is 11.6. The summed E-state index contributed by atoms with van der Waals surface area (Å²) in [5.41, 5.74) is 2.48. The van der Waals surface area contributed by atoms with Crippen LogP contribution in [0.15, 0.2) is 12.1 Å². The van der Waals surface area contributed by atoms with Crippen molar-refractivity contribution in [3.8, 4) is 0 Å². The number of aromatic amines is 1. The zero-order valence-corrected chi connectivity index (χ0v) is 10.2. The normalized spacial score (nSPS) is 20.4. The van der Waals surface area contributed by atoms with Gasteiger partial charge in [-0.2, -0.15) is 0 Å². The van der Waals surface area contributed by atoms with Crippen LogP contribution < -0.4 is 0 Å². The zero-order chi connectivity index (χ0) is 12.8. The van der Waals surface area contributed by atoms with Crippen molar-refractivity contribution >= 4 is 11.2 Å². The Hall–Kier alpha value is -1.52. The Morgan fingerprint density at radius 3 is 2.67 bits per heavy atom. The Morgan fingerprint density at radius 1 is 1.22 bits per heavy atom. The fraction of sp³-hybridized carbons (Fsp3) is 0.538. The molecule has 1 N–H and O–H groups in total. The van der Waals surface area contributed by atoms with Crippen LogP contribution in [-0.2, 0) is 0 Å². The van der Waals surface area contributed by atoms with Gasteiger partial charge in [0.15, 0.2) is 5.65 Å². The van der Waals surface area contributed by atoms with Gasteiger partial charge in [-0.1, -0.05) is 0 Å². The average Bonchev–Trinajstić information content (AvgIpc) is 2.71. The van der Waals surface area contributed by atoms with Crippen molar-refractivity contribution < 1.29 is 8.78 Å². The number of alkyl halides is 2. The van der Waals surface area contributed by atoms with Crippen molar-refractivity contribution in [1.82, 2.24) is 15.0 Å². The van der Waals surface area contributed by atoms with Crippen molar-refractivity contribution in [2.24, 2.45) is 0 Å². The molecule has 1 fully saturated rings. The third kappa shape index (κ3) is 2.09. The number of rotatable bonds is 1. The van der Waals surface area contributed by atoms with E-state index >= 15 is 0 Å². The second-order valence-electron chi connectivity index (χ2n) is 5.08. The van der Waals surface area contributed by atoms with Crippen molar-refractivity contribution in [1.29, 1.82) is 0 Å². The monoisotopic (exact) mass is 251 g/mol. The molecule has 0 bridgehead atoms. The third-order valence-corrected chi connectivity index (χ3v) is 3.61. The summed E-state index contributed by atoms with van der Waals surface area (Å²) in [5, 5.41) is 0. The molecular formula is C13H15F2N3. The first-order valence-corrected chi connectivity index (χ1v) is 6.25. The van der Waals surface area contributed by atoms with E-state index in [0.29, 0.717) is 18.5 Å². The molecule has 1 aliphatic rings. The molecule has 0 atom stereocenters. The standard InChI is InChI=1S/C13H15F2N3/c1-8-2-3-10-12(16-8)18-11(17-10)9-4-6-13(14,15)7-5-9/h2-3,9H,4-7H2,1H3,(H,16,17,18). The first-order valence-electron chi connectivity index (χ1n) is 6.25. The molecule has 3 rings (SSSR count). The fourth-order valence-electron chi connectivity index (χ4n) is 2.51. The zero-order valence-electron chi connectivity index (χ0n) is 10.2. The quantitative estimate of drug-likeness (QED) is 0.842. The molecular weight excluding hydrogens is 236 g/mol. The highest BCUT2D eigenvalue weighted by atomic mass is 19.3. The van der Waals surface area contributed by atoms with Crippen molar-refractivity contribution in [2.75, 3.05) is 0 Å². The lowest BCUT2D eigenvalue weighted by Crippen LogP contribution is -2.24. The van der Waals surface area contributed by atoms with Gasteiger partial charge in [-0.25, -0.2) is 18.7 Å². The van der Waals surface area contributed by atoms with Gasteiger partial charge >= 0.3 is 0 Å². The molecule has 0 unspecified atom stereocenters. The lowest BCUT2D eigenvalue weighted by molar-refractivity contribution is -0.0387. The van der Waals surface area contributed by atoms with Crippen molar-refractivity contribution in [3.05, 3.63) is 23.7 Å². The molecule has 2 aromatic rings. The number of hydrogen-bond acceptors (Lipinski definition) is 2. The van der Waals surface area contributed by atoms with E-state index in [9.17, 15) is 8.78 Å². The van der Waals surface area contributed by atoms with Gasteiger partial charge in [-0.15, -0.1) is 0 Å². The number of H-pyrrole nitrogens is 1. The average molecular weight is 251 g/mol. The van der Waals surface area contributed by atoms with Gasteiger partial charge in [0.1, 0.15) is 5.82 Å². The number of imidazole rings is 1. The van der Waals surface area contributed by atoms with Crippen molar-refractivity contribution in [2.45, 2.75) is 44.4 Å². The van der Waals surface area contributed by atoms with E-state index < -0.39 is 5.92 Å². The summed E-state index contributed by atoms with van der Waals surface area (Å²) in [7, 11) is 0. The molecule has 2 heterocycles. The minimum Gasteiger partial charge on any atom is -0.340 e. The van der Waals surface area contributed by atoms with Gasteiger partial charge in [0.2, 0.25) is 5.92 Å². The molecule has 0 amide bonds. The highest BCUT2D eigenvalue weighted by Crippen LogP contribution is 2.40. The third-order valence-electron chi connectivity index (χ3n) is 3.61. The van der Waals surface area contributed by atoms with Crippen LogP contribution >= 0.6 is 0 Å². The SMILES string of the molecule is Cc1ccc2[nH]c(C3CCC(F)(F)CC3)nc2n1. The minimum absolute atomic E-state index is 0.0405. The molecule has 1 aliphatic carbocycles. The molecule has 5 heteroatoms.